The Morgan fingerprint density at radius 3 is 2.37 bits per heavy atom. The number of benzene rings is 2. The first-order chi connectivity index (χ1) is 14.2. The van der Waals surface area contributed by atoms with Crippen LogP contribution in [0.25, 0.3) is 6.08 Å². The maximum absolute atomic E-state index is 13.0. The summed E-state index contributed by atoms with van der Waals surface area (Å²) in [5, 5.41) is 2.25. The van der Waals surface area contributed by atoms with E-state index in [0.29, 0.717) is 21.5 Å². The Morgan fingerprint density at radius 2 is 1.77 bits per heavy atom. The number of barbiturate groups is 1. The Labute approximate surface area is 184 Å². The van der Waals surface area contributed by atoms with Crippen molar-refractivity contribution in [3.8, 4) is 5.75 Å². The van der Waals surface area contributed by atoms with E-state index in [1.807, 2.05) is 33.8 Å². The van der Waals surface area contributed by atoms with Gasteiger partial charge in [0.2, 0.25) is 0 Å². The van der Waals surface area contributed by atoms with Crippen LogP contribution in [-0.2, 0) is 9.59 Å². The molecular formula is C23H23BrN2O4. The second kappa shape index (κ2) is 8.83. The summed E-state index contributed by atoms with van der Waals surface area (Å²) in [6.45, 7) is 7.77. The van der Waals surface area contributed by atoms with Crippen LogP contribution in [0.2, 0.25) is 0 Å². The van der Waals surface area contributed by atoms with Crippen LogP contribution in [-0.4, -0.2) is 23.9 Å². The van der Waals surface area contributed by atoms with Crippen LogP contribution in [0.5, 0.6) is 5.75 Å². The second-order valence-electron chi connectivity index (χ2n) is 7.33. The van der Waals surface area contributed by atoms with E-state index >= 15 is 0 Å². The monoisotopic (exact) mass is 470 g/mol. The van der Waals surface area contributed by atoms with Crippen LogP contribution < -0.4 is 15.0 Å². The van der Waals surface area contributed by atoms with Gasteiger partial charge in [0, 0.05) is 0 Å². The van der Waals surface area contributed by atoms with Gasteiger partial charge < -0.3 is 4.74 Å². The van der Waals surface area contributed by atoms with Gasteiger partial charge in [-0.05, 0) is 90.2 Å². The smallest absolute Gasteiger partial charge is 0.335 e. The van der Waals surface area contributed by atoms with Crippen LogP contribution >= 0.6 is 15.9 Å². The zero-order valence-corrected chi connectivity index (χ0v) is 18.9. The number of aryl methyl sites for hydroxylation is 2. The molecule has 1 saturated heterocycles. The van der Waals surface area contributed by atoms with Crippen molar-refractivity contribution < 1.29 is 19.1 Å². The molecule has 0 radical (unpaired) electrons. The van der Waals surface area contributed by atoms with Gasteiger partial charge in [0.05, 0.1) is 16.3 Å². The summed E-state index contributed by atoms with van der Waals surface area (Å²) in [6, 6.07) is 9.95. The predicted octanol–water partition coefficient (Wildman–Crippen LogP) is 4.91. The number of nitrogens with one attached hydrogen (secondary N) is 1. The summed E-state index contributed by atoms with van der Waals surface area (Å²) in [7, 11) is 0. The number of hydrogen-bond acceptors (Lipinski definition) is 4. The first-order valence-corrected chi connectivity index (χ1v) is 10.4. The third kappa shape index (κ3) is 4.62. The molecule has 4 amide bonds. The maximum atomic E-state index is 13.0. The molecular weight excluding hydrogens is 448 g/mol. The molecule has 2 aromatic rings. The largest absolute Gasteiger partial charge is 0.490 e. The van der Waals surface area contributed by atoms with E-state index in [0.717, 1.165) is 22.4 Å². The Morgan fingerprint density at radius 1 is 1.10 bits per heavy atom. The Balaban J connectivity index is 1.95. The number of imide groups is 2. The highest BCUT2D eigenvalue weighted by Crippen LogP contribution is 2.29. The fourth-order valence-corrected chi connectivity index (χ4v) is 3.63. The summed E-state index contributed by atoms with van der Waals surface area (Å²) < 4.78 is 6.54. The van der Waals surface area contributed by atoms with Crippen LogP contribution in [0.1, 0.15) is 37.0 Å². The molecule has 30 heavy (non-hydrogen) atoms. The second-order valence-corrected chi connectivity index (χ2v) is 8.18. The summed E-state index contributed by atoms with van der Waals surface area (Å²) in [5.41, 5.74) is 2.76. The predicted molar refractivity (Wildman–Crippen MR) is 119 cm³/mol. The van der Waals surface area contributed by atoms with Crippen molar-refractivity contribution in [2.24, 2.45) is 0 Å². The Hall–Kier alpha value is -2.93. The van der Waals surface area contributed by atoms with E-state index in [1.54, 1.807) is 30.3 Å². The molecule has 1 N–H and O–H groups in total. The molecule has 0 aliphatic carbocycles. The van der Waals surface area contributed by atoms with Crippen LogP contribution in [0.3, 0.4) is 0 Å². The van der Waals surface area contributed by atoms with Gasteiger partial charge in [-0.2, -0.15) is 0 Å². The van der Waals surface area contributed by atoms with E-state index in [2.05, 4.69) is 21.2 Å². The van der Waals surface area contributed by atoms with E-state index < -0.39 is 17.8 Å². The lowest BCUT2D eigenvalue weighted by molar-refractivity contribution is -0.122. The summed E-state index contributed by atoms with van der Waals surface area (Å²) in [5.74, 6) is -0.704. The molecule has 1 aliphatic heterocycles. The van der Waals surface area contributed by atoms with Crippen LogP contribution in [0, 0.1) is 13.8 Å². The number of ether oxygens (including phenoxy) is 1. The average Bonchev–Trinajstić information content (AvgIpc) is 2.66. The fourth-order valence-electron chi connectivity index (χ4n) is 3.14. The molecule has 2 aromatic carbocycles. The number of carbonyl (C=O) groups is 3. The molecule has 0 unspecified atom stereocenters. The molecule has 156 valence electrons. The lowest BCUT2D eigenvalue weighted by Crippen LogP contribution is -2.54. The number of amides is 4. The number of hydrogen-bond donors (Lipinski definition) is 1. The standard InChI is InChI=1S/C23H23BrN2O4/c1-5-15(4)30-20-7-6-16(12-19(20)24)11-18-21(27)25-23(29)26(22(18)28)17-9-13(2)8-14(3)10-17/h6-12,15H,5H2,1-4H3,(H,25,27,29)/b18-11+/t15-/m0/s1. The van der Waals surface area contributed by atoms with Crippen molar-refractivity contribution in [2.45, 2.75) is 40.2 Å². The minimum absolute atomic E-state index is 0.0635. The highest BCUT2D eigenvalue weighted by molar-refractivity contribution is 9.10. The van der Waals surface area contributed by atoms with Crippen LogP contribution in [0.15, 0.2) is 46.4 Å². The molecule has 0 spiro atoms. The number of urea groups is 1. The van der Waals surface area contributed by atoms with Crippen molar-refractivity contribution in [1.82, 2.24) is 5.32 Å². The van der Waals surface area contributed by atoms with Crippen molar-refractivity contribution in [2.75, 3.05) is 4.90 Å². The minimum atomic E-state index is -0.759. The van der Waals surface area contributed by atoms with Gasteiger partial charge in [-0.25, -0.2) is 9.69 Å². The van der Waals surface area contributed by atoms with Crippen molar-refractivity contribution in [3.63, 3.8) is 0 Å². The van der Waals surface area contributed by atoms with Gasteiger partial charge in [-0.3, -0.25) is 14.9 Å². The minimum Gasteiger partial charge on any atom is -0.490 e. The van der Waals surface area contributed by atoms with Gasteiger partial charge >= 0.3 is 6.03 Å². The zero-order chi connectivity index (χ0) is 22.0. The van der Waals surface area contributed by atoms with E-state index in [4.69, 9.17) is 4.74 Å². The summed E-state index contributed by atoms with van der Waals surface area (Å²) in [6.07, 6.45) is 2.40. The van der Waals surface area contributed by atoms with Crippen molar-refractivity contribution in [3.05, 3.63) is 63.1 Å². The lowest BCUT2D eigenvalue weighted by atomic mass is 10.1. The first-order valence-electron chi connectivity index (χ1n) is 9.65. The van der Waals surface area contributed by atoms with E-state index in [9.17, 15) is 14.4 Å². The quantitative estimate of drug-likeness (QED) is 0.497. The SMILES string of the molecule is CC[C@H](C)Oc1ccc(/C=C2\C(=O)NC(=O)N(c3cc(C)cc(C)c3)C2=O)cc1Br. The zero-order valence-electron chi connectivity index (χ0n) is 17.3. The number of halogens is 1. The third-order valence-corrected chi connectivity index (χ3v) is 5.36. The summed E-state index contributed by atoms with van der Waals surface area (Å²) >= 11 is 3.47. The van der Waals surface area contributed by atoms with Crippen molar-refractivity contribution in [1.29, 1.82) is 0 Å². The number of anilines is 1. The van der Waals surface area contributed by atoms with Gasteiger partial charge in [-0.1, -0.05) is 19.1 Å². The fraction of sp³-hybridized carbons (Fsp3) is 0.261. The molecule has 1 aliphatic rings. The average molecular weight is 471 g/mol. The van der Waals surface area contributed by atoms with Gasteiger partial charge in [0.1, 0.15) is 11.3 Å². The molecule has 1 fully saturated rings. The van der Waals surface area contributed by atoms with Gasteiger partial charge in [0.25, 0.3) is 11.8 Å². The topological polar surface area (TPSA) is 75.7 Å². The molecule has 6 nitrogen and oxygen atoms in total. The van der Waals surface area contributed by atoms with Crippen LogP contribution in [0.4, 0.5) is 10.5 Å². The molecule has 1 atom stereocenters. The Kier molecular flexibility index (Phi) is 6.41. The van der Waals surface area contributed by atoms with Crippen molar-refractivity contribution >= 4 is 45.5 Å². The normalized spacial score (nSPS) is 16.6. The number of nitrogens with zero attached hydrogens (tertiary/aromatic N) is 1. The number of rotatable bonds is 5. The molecule has 3 rings (SSSR count). The molecule has 0 aromatic heterocycles. The highest BCUT2D eigenvalue weighted by atomic mass is 79.9. The number of carbonyl (C=O) groups excluding carboxylic acids is 3. The van der Waals surface area contributed by atoms with Gasteiger partial charge in [0.15, 0.2) is 0 Å². The lowest BCUT2D eigenvalue weighted by Gasteiger charge is -2.27. The molecule has 0 bridgehead atoms. The first kappa shape index (κ1) is 21.8. The van der Waals surface area contributed by atoms with E-state index in [-0.39, 0.29) is 11.7 Å². The molecule has 0 saturated carbocycles. The Bertz CT molecular complexity index is 1040. The van der Waals surface area contributed by atoms with E-state index in [1.165, 1.54) is 6.08 Å². The maximum Gasteiger partial charge on any atom is 0.335 e. The molecule has 7 heteroatoms. The third-order valence-electron chi connectivity index (χ3n) is 4.74. The van der Waals surface area contributed by atoms with Gasteiger partial charge in [-0.15, -0.1) is 0 Å². The summed E-state index contributed by atoms with van der Waals surface area (Å²) in [4.78, 5) is 38.8. The highest BCUT2D eigenvalue weighted by Gasteiger charge is 2.37. The molecule has 1 heterocycles.